The van der Waals surface area contributed by atoms with E-state index in [1.807, 2.05) is 24.3 Å². The van der Waals surface area contributed by atoms with E-state index in [9.17, 15) is 9.90 Å². The molecule has 0 unspecified atom stereocenters. The molecular formula is C17H19NO3. The van der Waals surface area contributed by atoms with Gasteiger partial charge in [-0.05, 0) is 29.7 Å². The number of para-hydroxylation sites is 1. The normalized spacial score (nSPS) is 11.2. The minimum Gasteiger partial charge on any atom is -0.478 e. The lowest BCUT2D eigenvalue weighted by Crippen LogP contribution is -2.12. The Labute approximate surface area is 124 Å². The molecule has 0 amide bonds. The fourth-order valence-electron chi connectivity index (χ4n) is 2.10. The van der Waals surface area contributed by atoms with Crippen LogP contribution in [0, 0.1) is 0 Å². The second-order valence-corrected chi connectivity index (χ2v) is 5.91. The second-order valence-electron chi connectivity index (χ2n) is 5.91. The minimum atomic E-state index is -1.06. The van der Waals surface area contributed by atoms with Crippen molar-refractivity contribution in [2.75, 3.05) is 5.73 Å². The number of rotatable bonds is 3. The highest BCUT2D eigenvalue weighted by Crippen LogP contribution is 2.35. The summed E-state index contributed by atoms with van der Waals surface area (Å²) in [7, 11) is 0. The maximum absolute atomic E-state index is 11.3. The summed E-state index contributed by atoms with van der Waals surface area (Å²) in [5.74, 6) is -0.129. The van der Waals surface area contributed by atoms with Crippen molar-refractivity contribution in [1.82, 2.24) is 0 Å². The van der Waals surface area contributed by atoms with Gasteiger partial charge in [-0.25, -0.2) is 4.79 Å². The molecule has 0 atom stereocenters. The fraction of sp³-hybridized carbons (Fsp3) is 0.235. The highest BCUT2D eigenvalue weighted by molar-refractivity contribution is 5.92. The van der Waals surface area contributed by atoms with Gasteiger partial charge in [0, 0.05) is 11.3 Å². The second kappa shape index (κ2) is 5.48. The Morgan fingerprint density at radius 1 is 1.10 bits per heavy atom. The highest BCUT2D eigenvalue weighted by Gasteiger charge is 2.20. The molecule has 0 aromatic heterocycles. The van der Waals surface area contributed by atoms with Gasteiger partial charge in [0.2, 0.25) is 0 Å². The van der Waals surface area contributed by atoms with Crippen molar-refractivity contribution in [3.63, 3.8) is 0 Å². The third-order valence-electron chi connectivity index (χ3n) is 3.15. The number of aromatic carboxylic acids is 1. The predicted octanol–water partition coefficient (Wildman–Crippen LogP) is 4.06. The third kappa shape index (κ3) is 3.34. The van der Waals surface area contributed by atoms with Crippen LogP contribution in [0.2, 0.25) is 0 Å². The van der Waals surface area contributed by atoms with Crippen LogP contribution in [0.15, 0.2) is 42.5 Å². The lowest BCUT2D eigenvalue weighted by molar-refractivity contribution is 0.0694. The van der Waals surface area contributed by atoms with Gasteiger partial charge < -0.3 is 15.6 Å². The molecule has 0 saturated carbocycles. The molecule has 21 heavy (non-hydrogen) atoms. The molecule has 0 spiro atoms. The van der Waals surface area contributed by atoms with Crippen molar-refractivity contribution in [1.29, 1.82) is 0 Å². The first kappa shape index (κ1) is 14.9. The molecule has 2 aromatic rings. The van der Waals surface area contributed by atoms with Crippen LogP contribution in [-0.4, -0.2) is 11.1 Å². The van der Waals surface area contributed by atoms with Crippen LogP contribution < -0.4 is 10.5 Å². The van der Waals surface area contributed by atoms with Crippen molar-refractivity contribution in [3.05, 3.63) is 53.6 Å². The van der Waals surface area contributed by atoms with Gasteiger partial charge in [0.15, 0.2) is 0 Å². The first-order valence-electron chi connectivity index (χ1n) is 6.69. The zero-order chi connectivity index (χ0) is 15.6. The number of carboxylic acids is 1. The van der Waals surface area contributed by atoms with Crippen molar-refractivity contribution in [3.8, 4) is 11.5 Å². The molecular weight excluding hydrogens is 266 g/mol. The molecule has 0 fully saturated rings. The average molecular weight is 285 g/mol. The smallest absolute Gasteiger partial charge is 0.339 e. The summed E-state index contributed by atoms with van der Waals surface area (Å²) in [6.45, 7) is 6.24. The van der Waals surface area contributed by atoms with Crippen LogP contribution >= 0.6 is 0 Å². The van der Waals surface area contributed by atoms with E-state index in [0.29, 0.717) is 11.4 Å². The molecule has 0 saturated heterocycles. The first-order chi connectivity index (χ1) is 9.79. The fourth-order valence-corrected chi connectivity index (χ4v) is 2.10. The van der Waals surface area contributed by atoms with Crippen molar-refractivity contribution in [2.24, 2.45) is 0 Å². The maximum Gasteiger partial charge on any atom is 0.339 e. The van der Waals surface area contributed by atoms with E-state index in [1.54, 1.807) is 12.1 Å². The van der Waals surface area contributed by atoms with E-state index in [1.165, 1.54) is 6.07 Å². The predicted molar refractivity (Wildman–Crippen MR) is 83.0 cm³/mol. The van der Waals surface area contributed by atoms with Crippen LogP contribution in [0.5, 0.6) is 11.5 Å². The number of benzene rings is 2. The molecule has 2 aromatic carbocycles. The lowest BCUT2D eigenvalue weighted by atomic mass is 9.86. The molecule has 0 radical (unpaired) electrons. The molecule has 110 valence electrons. The largest absolute Gasteiger partial charge is 0.478 e. The molecule has 0 aliphatic rings. The first-order valence-corrected chi connectivity index (χ1v) is 6.69. The number of nitrogen functional groups attached to an aromatic ring is 1. The molecule has 0 bridgehead atoms. The third-order valence-corrected chi connectivity index (χ3v) is 3.15. The van der Waals surface area contributed by atoms with Crippen LogP contribution in [0.25, 0.3) is 0 Å². The summed E-state index contributed by atoms with van der Waals surface area (Å²) < 4.78 is 5.85. The summed E-state index contributed by atoms with van der Waals surface area (Å²) in [6.07, 6.45) is 0. The van der Waals surface area contributed by atoms with Crippen LogP contribution in [0.3, 0.4) is 0 Å². The standard InChI is InChI=1S/C17H19NO3/c1-17(2,3)13-6-4-5-7-15(13)21-14-9-8-11(18)10-12(14)16(19)20/h4-10H,18H2,1-3H3,(H,19,20). The maximum atomic E-state index is 11.3. The molecule has 4 heteroatoms. The number of nitrogens with two attached hydrogens (primary N) is 1. The highest BCUT2D eigenvalue weighted by atomic mass is 16.5. The topological polar surface area (TPSA) is 72.5 Å². The zero-order valence-electron chi connectivity index (χ0n) is 12.4. The summed E-state index contributed by atoms with van der Waals surface area (Å²) in [4.78, 5) is 11.3. The lowest BCUT2D eigenvalue weighted by Gasteiger charge is -2.23. The number of anilines is 1. The summed E-state index contributed by atoms with van der Waals surface area (Å²) in [5.41, 5.74) is 6.99. The summed E-state index contributed by atoms with van der Waals surface area (Å²) in [5, 5.41) is 9.26. The Balaban J connectivity index is 2.47. The Hall–Kier alpha value is -2.49. The molecule has 4 nitrogen and oxygen atoms in total. The van der Waals surface area contributed by atoms with E-state index >= 15 is 0 Å². The van der Waals surface area contributed by atoms with Gasteiger partial charge in [-0.2, -0.15) is 0 Å². The summed E-state index contributed by atoms with van der Waals surface area (Å²) >= 11 is 0. The van der Waals surface area contributed by atoms with Gasteiger partial charge in [-0.1, -0.05) is 39.0 Å². The van der Waals surface area contributed by atoms with Crippen LogP contribution in [-0.2, 0) is 5.41 Å². The number of ether oxygens (including phenoxy) is 1. The Morgan fingerprint density at radius 3 is 2.38 bits per heavy atom. The van der Waals surface area contributed by atoms with Crippen LogP contribution in [0.4, 0.5) is 5.69 Å². The Bertz CT molecular complexity index is 672. The molecule has 0 aliphatic heterocycles. The average Bonchev–Trinajstić information content (AvgIpc) is 2.40. The van der Waals surface area contributed by atoms with Gasteiger partial charge in [0.25, 0.3) is 0 Å². The molecule has 3 N–H and O–H groups in total. The SMILES string of the molecule is CC(C)(C)c1ccccc1Oc1ccc(N)cc1C(=O)O. The van der Waals surface area contributed by atoms with Crippen LogP contribution in [0.1, 0.15) is 36.7 Å². The Morgan fingerprint density at radius 2 is 1.76 bits per heavy atom. The van der Waals surface area contributed by atoms with Gasteiger partial charge in [-0.3, -0.25) is 0 Å². The van der Waals surface area contributed by atoms with E-state index in [2.05, 4.69) is 20.8 Å². The number of hydrogen-bond acceptors (Lipinski definition) is 3. The quantitative estimate of drug-likeness (QED) is 0.834. The van der Waals surface area contributed by atoms with Gasteiger partial charge in [0.1, 0.15) is 17.1 Å². The van der Waals surface area contributed by atoms with Crippen molar-refractivity contribution < 1.29 is 14.6 Å². The van der Waals surface area contributed by atoms with Crippen molar-refractivity contribution in [2.45, 2.75) is 26.2 Å². The van der Waals surface area contributed by atoms with E-state index in [4.69, 9.17) is 10.5 Å². The minimum absolute atomic E-state index is 0.0544. The van der Waals surface area contributed by atoms with E-state index < -0.39 is 5.97 Å². The Kier molecular flexibility index (Phi) is 3.89. The van der Waals surface area contributed by atoms with Gasteiger partial charge in [0.05, 0.1) is 0 Å². The number of carbonyl (C=O) groups is 1. The van der Waals surface area contributed by atoms with Gasteiger partial charge in [-0.15, -0.1) is 0 Å². The van der Waals surface area contributed by atoms with Crippen molar-refractivity contribution >= 4 is 11.7 Å². The monoisotopic (exact) mass is 285 g/mol. The number of hydrogen-bond donors (Lipinski definition) is 2. The molecule has 2 rings (SSSR count). The van der Waals surface area contributed by atoms with E-state index in [0.717, 1.165) is 5.56 Å². The zero-order valence-corrected chi connectivity index (χ0v) is 12.4. The molecule has 0 aliphatic carbocycles. The molecule has 0 heterocycles. The number of carboxylic acid groups (broad SMARTS) is 1. The van der Waals surface area contributed by atoms with E-state index in [-0.39, 0.29) is 16.7 Å². The van der Waals surface area contributed by atoms with Gasteiger partial charge >= 0.3 is 5.97 Å². The summed E-state index contributed by atoms with van der Waals surface area (Å²) in [6, 6.07) is 12.2.